The Morgan fingerprint density at radius 2 is 1.81 bits per heavy atom. The number of benzene rings is 1. The first-order chi connectivity index (χ1) is 17.7. The third kappa shape index (κ3) is 4.16. The van der Waals surface area contributed by atoms with Gasteiger partial charge in [0, 0.05) is 41.6 Å². The van der Waals surface area contributed by atoms with Crippen LogP contribution in [0, 0.1) is 0 Å². The summed E-state index contributed by atoms with van der Waals surface area (Å²) < 4.78 is 5.86. The molecule has 5 heterocycles. The molecule has 0 bridgehead atoms. The summed E-state index contributed by atoms with van der Waals surface area (Å²) in [4.78, 5) is 23.5. The van der Waals surface area contributed by atoms with Crippen molar-refractivity contribution < 1.29 is 4.74 Å². The molecular weight excluding hydrogens is 452 g/mol. The molecule has 5 aromatic heterocycles. The van der Waals surface area contributed by atoms with E-state index in [4.69, 9.17) is 9.72 Å². The Balaban J connectivity index is 1.38. The molecule has 0 amide bonds. The number of fused-ring (bicyclic) bond motifs is 2. The Bertz CT molecular complexity index is 1660. The molecule has 6 rings (SSSR count). The summed E-state index contributed by atoms with van der Waals surface area (Å²) in [5.74, 6) is 1.40. The van der Waals surface area contributed by atoms with Crippen molar-refractivity contribution in [3.05, 3.63) is 73.4 Å². The van der Waals surface area contributed by atoms with Crippen molar-refractivity contribution in [2.24, 2.45) is 0 Å². The zero-order valence-corrected chi connectivity index (χ0v) is 19.9. The van der Waals surface area contributed by atoms with Gasteiger partial charge in [0.05, 0.1) is 34.6 Å². The number of nitrogens with zero attached hydrogens (tertiary/aromatic N) is 6. The van der Waals surface area contributed by atoms with Gasteiger partial charge in [-0.3, -0.25) is 20.1 Å². The number of H-pyrrole nitrogens is 2. The maximum Gasteiger partial charge on any atom is 0.159 e. The maximum absolute atomic E-state index is 5.86. The average Bonchev–Trinajstić information content (AvgIpc) is 3.53. The molecule has 0 aliphatic heterocycles. The predicted molar refractivity (Wildman–Crippen MR) is 139 cm³/mol. The van der Waals surface area contributed by atoms with Crippen molar-refractivity contribution in [1.29, 1.82) is 0 Å². The summed E-state index contributed by atoms with van der Waals surface area (Å²) in [6.45, 7) is 1.41. The second kappa shape index (κ2) is 9.20. The lowest BCUT2D eigenvalue weighted by Gasteiger charge is -2.11. The minimum atomic E-state index is 0.587. The van der Waals surface area contributed by atoms with Crippen molar-refractivity contribution in [3.8, 4) is 39.7 Å². The summed E-state index contributed by atoms with van der Waals surface area (Å²) in [5, 5.41) is 8.56. The first-order valence-corrected chi connectivity index (χ1v) is 11.6. The molecule has 0 aliphatic rings. The second-order valence-corrected chi connectivity index (χ2v) is 8.77. The van der Waals surface area contributed by atoms with Gasteiger partial charge in [-0.05, 0) is 50.0 Å². The number of pyridine rings is 3. The fraction of sp³-hybridized carbons (Fsp3) is 0.148. The van der Waals surface area contributed by atoms with E-state index in [9.17, 15) is 0 Å². The van der Waals surface area contributed by atoms with E-state index in [1.54, 1.807) is 31.0 Å². The molecule has 2 N–H and O–H groups in total. The van der Waals surface area contributed by atoms with Gasteiger partial charge in [0.15, 0.2) is 5.82 Å². The van der Waals surface area contributed by atoms with Crippen molar-refractivity contribution in [2.75, 3.05) is 27.2 Å². The summed E-state index contributed by atoms with van der Waals surface area (Å²) >= 11 is 0. The molecule has 178 valence electrons. The molecule has 0 atom stereocenters. The van der Waals surface area contributed by atoms with Gasteiger partial charge >= 0.3 is 0 Å². The summed E-state index contributed by atoms with van der Waals surface area (Å²) in [6, 6.07) is 14.0. The number of aromatic amines is 2. The van der Waals surface area contributed by atoms with Gasteiger partial charge in [-0.2, -0.15) is 5.10 Å². The lowest BCUT2D eigenvalue weighted by Crippen LogP contribution is -2.19. The van der Waals surface area contributed by atoms with E-state index < -0.39 is 0 Å². The first kappa shape index (κ1) is 21.9. The Labute approximate surface area is 207 Å². The largest absolute Gasteiger partial charge is 0.491 e. The zero-order valence-electron chi connectivity index (χ0n) is 19.9. The van der Waals surface area contributed by atoms with Gasteiger partial charge in [-0.25, -0.2) is 4.98 Å². The lowest BCUT2D eigenvalue weighted by atomic mass is 10.1. The Morgan fingerprint density at radius 1 is 0.917 bits per heavy atom. The van der Waals surface area contributed by atoms with Crippen LogP contribution < -0.4 is 4.74 Å². The number of rotatable bonds is 7. The van der Waals surface area contributed by atoms with E-state index in [1.165, 1.54) is 0 Å². The van der Waals surface area contributed by atoms with Gasteiger partial charge in [0.2, 0.25) is 0 Å². The van der Waals surface area contributed by atoms with E-state index in [2.05, 4.69) is 41.1 Å². The van der Waals surface area contributed by atoms with Crippen molar-refractivity contribution >= 4 is 21.9 Å². The summed E-state index contributed by atoms with van der Waals surface area (Å²) in [7, 11) is 4.03. The SMILES string of the molecule is CN(C)CCOc1cncc(-c2cc3c(-c4nc5c(-c6ccncc6)cccc5[nH]4)n[nH]c3cn2)c1. The van der Waals surface area contributed by atoms with Crippen LogP contribution in [0.25, 0.3) is 55.8 Å². The molecule has 36 heavy (non-hydrogen) atoms. The fourth-order valence-electron chi connectivity index (χ4n) is 4.15. The second-order valence-electron chi connectivity index (χ2n) is 8.77. The van der Waals surface area contributed by atoms with Gasteiger partial charge in [-0.1, -0.05) is 12.1 Å². The molecule has 9 heteroatoms. The highest BCUT2D eigenvalue weighted by Gasteiger charge is 2.16. The topological polar surface area (TPSA) is 109 Å². The number of likely N-dealkylation sites (N-methyl/N-ethyl adjacent to an activating group) is 1. The van der Waals surface area contributed by atoms with Crippen molar-refractivity contribution in [3.63, 3.8) is 0 Å². The third-order valence-corrected chi connectivity index (χ3v) is 5.99. The maximum atomic E-state index is 5.86. The van der Waals surface area contributed by atoms with Gasteiger partial charge < -0.3 is 14.6 Å². The molecule has 0 aliphatic carbocycles. The smallest absolute Gasteiger partial charge is 0.159 e. The van der Waals surface area contributed by atoms with Crippen molar-refractivity contribution in [1.82, 2.24) is 40.0 Å². The van der Waals surface area contributed by atoms with E-state index >= 15 is 0 Å². The normalized spacial score (nSPS) is 11.5. The van der Waals surface area contributed by atoms with Crippen LogP contribution in [0.3, 0.4) is 0 Å². The molecule has 0 saturated carbocycles. The van der Waals surface area contributed by atoms with Crippen LogP contribution in [-0.2, 0) is 0 Å². The number of hydrogen-bond donors (Lipinski definition) is 2. The Kier molecular flexibility index (Phi) is 5.59. The zero-order chi connectivity index (χ0) is 24.5. The lowest BCUT2D eigenvalue weighted by molar-refractivity contribution is 0.261. The molecule has 0 radical (unpaired) electrons. The molecule has 0 fully saturated rings. The number of para-hydroxylation sites is 1. The number of ether oxygens (including phenoxy) is 1. The molecular formula is C27H24N8O. The first-order valence-electron chi connectivity index (χ1n) is 11.6. The summed E-state index contributed by atoms with van der Waals surface area (Å²) in [5.41, 5.74) is 7.14. The van der Waals surface area contributed by atoms with Crippen LogP contribution in [0.15, 0.2) is 73.4 Å². The standard InChI is InChI=1S/C27H24N8O/c1-35(2)10-11-36-19-12-18(14-29-15-19)23-13-21-24(16-30-23)33-34-26(21)27-31-22-5-3-4-20(25(22)32-27)17-6-8-28-9-7-17/h3-9,12-16H,10-11H2,1-2H3,(H,31,32)(H,33,34). The quantitative estimate of drug-likeness (QED) is 0.348. The molecule has 1 aromatic carbocycles. The van der Waals surface area contributed by atoms with Gasteiger partial charge in [-0.15, -0.1) is 0 Å². The Hall–Kier alpha value is -4.63. The van der Waals surface area contributed by atoms with Crippen LogP contribution >= 0.6 is 0 Å². The molecule has 0 saturated heterocycles. The van der Waals surface area contributed by atoms with Crippen LogP contribution in [0.1, 0.15) is 0 Å². The minimum absolute atomic E-state index is 0.587. The van der Waals surface area contributed by atoms with Crippen LogP contribution in [0.2, 0.25) is 0 Å². The Morgan fingerprint density at radius 3 is 2.67 bits per heavy atom. The highest BCUT2D eigenvalue weighted by molar-refractivity contribution is 5.97. The number of hydrogen-bond acceptors (Lipinski definition) is 7. The number of nitrogens with one attached hydrogen (secondary N) is 2. The minimum Gasteiger partial charge on any atom is -0.491 e. The van der Waals surface area contributed by atoms with E-state index in [-0.39, 0.29) is 0 Å². The van der Waals surface area contributed by atoms with Crippen molar-refractivity contribution in [2.45, 2.75) is 0 Å². The highest BCUT2D eigenvalue weighted by Crippen LogP contribution is 2.32. The number of aromatic nitrogens is 7. The monoisotopic (exact) mass is 476 g/mol. The fourth-order valence-corrected chi connectivity index (χ4v) is 4.15. The molecule has 9 nitrogen and oxygen atoms in total. The predicted octanol–water partition coefficient (Wildman–Crippen LogP) is 4.57. The van der Waals surface area contributed by atoms with Gasteiger partial charge in [0.1, 0.15) is 18.1 Å². The highest BCUT2D eigenvalue weighted by atomic mass is 16.5. The third-order valence-electron chi connectivity index (χ3n) is 5.99. The van der Waals surface area contributed by atoms with Crippen LogP contribution in [-0.4, -0.2) is 67.3 Å². The summed E-state index contributed by atoms with van der Waals surface area (Å²) in [6.07, 6.45) is 8.86. The van der Waals surface area contributed by atoms with E-state index in [0.717, 1.165) is 56.6 Å². The molecule has 0 unspecified atom stereocenters. The van der Waals surface area contributed by atoms with Crippen LogP contribution in [0.5, 0.6) is 5.75 Å². The van der Waals surface area contributed by atoms with Crippen LogP contribution in [0.4, 0.5) is 0 Å². The molecule has 6 aromatic rings. The average molecular weight is 477 g/mol. The van der Waals surface area contributed by atoms with E-state index in [0.29, 0.717) is 18.2 Å². The molecule has 0 spiro atoms. The number of imidazole rings is 1. The van der Waals surface area contributed by atoms with E-state index in [1.807, 2.05) is 50.5 Å². The van der Waals surface area contributed by atoms with Gasteiger partial charge in [0.25, 0.3) is 0 Å².